The van der Waals surface area contributed by atoms with E-state index in [0.29, 0.717) is 17.6 Å². The summed E-state index contributed by atoms with van der Waals surface area (Å²) in [6.45, 7) is 3.31. The molecule has 0 aliphatic heterocycles. The maximum absolute atomic E-state index is 11.8. The molecule has 0 spiro atoms. The third kappa shape index (κ3) is 24.4. The van der Waals surface area contributed by atoms with Crippen molar-refractivity contribution >= 4 is 7.82 Å². The summed E-state index contributed by atoms with van der Waals surface area (Å²) in [5, 5.41) is 9.84. The molecule has 0 amide bonds. The zero-order chi connectivity index (χ0) is 24.1. The molecule has 0 saturated carbocycles. The predicted octanol–water partition coefficient (Wildman–Crippen LogP) is 5.46. The molecule has 0 aromatic rings. The zero-order valence-corrected chi connectivity index (χ0v) is 22.1. The third-order valence-corrected chi connectivity index (χ3v) is 6.04. The van der Waals surface area contributed by atoms with Crippen LogP contribution >= 0.6 is 7.82 Å². The van der Waals surface area contributed by atoms with Crippen molar-refractivity contribution in [2.45, 2.75) is 90.1 Å². The fourth-order valence-electron chi connectivity index (χ4n) is 3.01. The van der Waals surface area contributed by atoms with E-state index in [1.54, 1.807) is 0 Å². The van der Waals surface area contributed by atoms with Crippen LogP contribution in [0.2, 0.25) is 0 Å². The van der Waals surface area contributed by atoms with Gasteiger partial charge in [0.05, 0.1) is 34.4 Å². The Kier molecular flexibility index (Phi) is 20.0. The molecule has 32 heavy (non-hydrogen) atoms. The Bertz CT molecular complexity index is 495. The minimum absolute atomic E-state index is 0.0870. The third-order valence-electron chi connectivity index (χ3n) is 5.06. The number of phosphoric ester groups is 1. The first kappa shape index (κ1) is 31.7. The SMILES string of the molecule is CCCCCC/C=C/CCCCCCCCOCC(O)COP(=O)(O)OCC[N+](C)(C)C. The number of nitrogens with zero attached hydrogens (tertiary/aromatic N) is 1. The summed E-state index contributed by atoms with van der Waals surface area (Å²) in [6, 6.07) is 0. The molecular weight excluding hydrogens is 429 g/mol. The molecule has 2 unspecified atom stereocenters. The fraction of sp³-hybridized carbons (Fsp3) is 0.917. The van der Waals surface area contributed by atoms with Crippen LogP contribution in [0.15, 0.2) is 12.2 Å². The van der Waals surface area contributed by atoms with Crippen molar-refractivity contribution < 1.29 is 32.8 Å². The molecule has 0 heterocycles. The quantitative estimate of drug-likeness (QED) is 0.0874. The monoisotopic (exact) mass is 480 g/mol. The van der Waals surface area contributed by atoms with Crippen LogP contribution in [0, 0.1) is 0 Å². The van der Waals surface area contributed by atoms with Gasteiger partial charge in [0.15, 0.2) is 0 Å². The smallest absolute Gasteiger partial charge is 0.388 e. The highest BCUT2D eigenvalue weighted by Gasteiger charge is 2.24. The first-order chi connectivity index (χ1) is 15.2. The Hall–Kier alpha value is -0.270. The van der Waals surface area contributed by atoms with E-state index in [2.05, 4.69) is 19.1 Å². The number of aliphatic hydroxyl groups is 1. The van der Waals surface area contributed by atoms with Gasteiger partial charge in [0.2, 0.25) is 0 Å². The van der Waals surface area contributed by atoms with Gasteiger partial charge in [-0.2, -0.15) is 0 Å². The fourth-order valence-corrected chi connectivity index (χ4v) is 3.76. The molecule has 0 radical (unpaired) electrons. The van der Waals surface area contributed by atoms with Gasteiger partial charge in [0.1, 0.15) is 19.3 Å². The van der Waals surface area contributed by atoms with Gasteiger partial charge in [-0.1, -0.05) is 64.0 Å². The van der Waals surface area contributed by atoms with Crippen LogP contribution in [0.3, 0.4) is 0 Å². The Morgan fingerprint density at radius 2 is 1.38 bits per heavy atom. The number of unbranched alkanes of at least 4 members (excludes halogenated alkanes) is 10. The largest absolute Gasteiger partial charge is 0.472 e. The second-order valence-electron chi connectivity index (χ2n) is 9.57. The highest BCUT2D eigenvalue weighted by molar-refractivity contribution is 7.47. The van der Waals surface area contributed by atoms with Crippen LogP contribution in [0.1, 0.15) is 84.0 Å². The van der Waals surface area contributed by atoms with Gasteiger partial charge >= 0.3 is 7.82 Å². The number of likely N-dealkylation sites (N-methyl/N-ethyl adjacent to an activating group) is 1. The summed E-state index contributed by atoms with van der Waals surface area (Å²) in [7, 11) is 1.75. The van der Waals surface area contributed by atoms with Crippen LogP contribution in [-0.2, 0) is 18.3 Å². The van der Waals surface area contributed by atoms with Gasteiger partial charge in [-0.05, 0) is 32.1 Å². The Morgan fingerprint density at radius 1 is 0.812 bits per heavy atom. The molecule has 0 saturated heterocycles. The van der Waals surface area contributed by atoms with E-state index >= 15 is 0 Å². The van der Waals surface area contributed by atoms with Crippen LogP contribution in [0.5, 0.6) is 0 Å². The summed E-state index contributed by atoms with van der Waals surface area (Å²) < 4.78 is 27.6. The number of ether oxygens (including phenoxy) is 1. The molecule has 0 aromatic heterocycles. The van der Waals surface area contributed by atoms with Crippen molar-refractivity contribution in [2.75, 3.05) is 54.1 Å². The lowest BCUT2D eigenvalue weighted by Crippen LogP contribution is -2.37. The van der Waals surface area contributed by atoms with E-state index in [4.69, 9.17) is 13.8 Å². The molecule has 192 valence electrons. The van der Waals surface area contributed by atoms with Gasteiger partial charge in [-0.15, -0.1) is 0 Å². The summed E-state index contributed by atoms with van der Waals surface area (Å²) in [6.07, 6.45) is 18.5. The molecule has 0 aliphatic rings. The second kappa shape index (κ2) is 20.1. The lowest BCUT2D eigenvalue weighted by Gasteiger charge is -2.24. The molecule has 0 aliphatic carbocycles. The second-order valence-corrected chi connectivity index (χ2v) is 11.0. The molecule has 8 heteroatoms. The summed E-state index contributed by atoms with van der Waals surface area (Å²) in [5.41, 5.74) is 0. The Morgan fingerprint density at radius 3 is 1.97 bits per heavy atom. The average Bonchev–Trinajstić information content (AvgIpc) is 2.71. The van der Waals surface area contributed by atoms with E-state index in [0.717, 1.165) is 12.8 Å². The Labute approximate surface area is 197 Å². The van der Waals surface area contributed by atoms with Crippen LogP contribution in [0.25, 0.3) is 0 Å². The number of hydrogen-bond donors (Lipinski definition) is 2. The number of allylic oxidation sites excluding steroid dienone is 2. The number of rotatable bonds is 23. The molecule has 0 aromatic carbocycles. The molecule has 0 bridgehead atoms. The van der Waals surface area contributed by atoms with Crippen molar-refractivity contribution in [3.05, 3.63) is 12.2 Å². The van der Waals surface area contributed by atoms with Gasteiger partial charge in [0.25, 0.3) is 0 Å². The maximum atomic E-state index is 11.8. The van der Waals surface area contributed by atoms with E-state index in [1.165, 1.54) is 64.2 Å². The minimum Gasteiger partial charge on any atom is -0.388 e. The minimum atomic E-state index is -4.14. The first-order valence-electron chi connectivity index (χ1n) is 12.5. The van der Waals surface area contributed by atoms with Gasteiger partial charge in [-0.25, -0.2) is 4.57 Å². The maximum Gasteiger partial charge on any atom is 0.472 e. The molecule has 0 fully saturated rings. The van der Waals surface area contributed by atoms with Crippen LogP contribution < -0.4 is 0 Å². The van der Waals surface area contributed by atoms with Crippen molar-refractivity contribution in [1.82, 2.24) is 0 Å². The van der Waals surface area contributed by atoms with Gasteiger partial charge in [-0.3, -0.25) is 9.05 Å². The average molecular weight is 481 g/mol. The number of quaternary nitrogens is 1. The van der Waals surface area contributed by atoms with Crippen molar-refractivity contribution in [2.24, 2.45) is 0 Å². The van der Waals surface area contributed by atoms with E-state index < -0.39 is 13.9 Å². The standard InChI is InChI=1S/C24H50NO6P/c1-5-6-7-8-9-10-11-12-13-14-15-16-17-18-20-29-22-24(26)23-31-32(27,28)30-21-19-25(2,3)4/h10-11,24,26H,5-9,12-23H2,1-4H3/p+1/b11-10+. The zero-order valence-electron chi connectivity index (χ0n) is 21.2. The van der Waals surface area contributed by atoms with Crippen molar-refractivity contribution in [3.63, 3.8) is 0 Å². The van der Waals surface area contributed by atoms with E-state index in [-0.39, 0.29) is 19.8 Å². The lowest BCUT2D eigenvalue weighted by atomic mass is 10.1. The van der Waals surface area contributed by atoms with Gasteiger partial charge < -0.3 is 19.2 Å². The number of phosphoric acid groups is 1. The lowest BCUT2D eigenvalue weighted by molar-refractivity contribution is -0.870. The van der Waals surface area contributed by atoms with Gasteiger partial charge in [0, 0.05) is 6.61 Å². The first-order valence-corrected chi connectivity index (χ1v) is 14.0. The summed E-state index contributed by atoms with van der Waals surface area (Å²) in [4.78, 5) is 9.62. The number of aliphatic hydroxyl groups excluding tert-OH is 1. The highest BCUT2D eigenvalue weighted by Crippen LogP contribution is 2.43. The van der Waals surface area contributed by atoms with Crippen molar-refractivity contribution in [3.8, 4) is 0 Å². The predicted molar refractivity (Wildman–Crippen MR) is 132 cm³/mol. The molecule has 2 atom stereocenters. The topological polar surface area (TPSA) is 85.2 Å². The normalized spacial score (nSPS) is 15.3. The Balaban J connectivity index is 3.46. The highest BCUT2D eigenvalue weighted by atomic mass is 31.2. The molecule has 0 rings (SSSR count). The van der Waals surface area contributed by atoms with E-state index in [1.807, 2.05) is 21.1 Å². The van der Waals surface area contributed by atoms with Crippen LogP contribution in [-0.4, -0.2) is 74.7 Å². The summed E-state index contributed by atoms with van der Waals surface area (Å²) in [5.74, 6) is 0. The molecule has 2 N–H and O–H groups in total. The van der Waals surface area contributed by atoms with Crippen LogP contribution in [0.4, 0.5) is 0 Å². The molecule has 7 nitrogen and oxygen atoms in total. The molecular formula is C24H51NO6P+. The van der Waals surface area contributed by atoms with Crippen molar-refractivity contribution in [1.29, 1.82) is 0 Å². The van der Waals surface area contributed by atoms with E-state index in [9.17, 15) is 14.6 Å². The summed E-state index contributed by atoms with van der Waals surface area (Å²) >= 11 is 0. The number of hydrogen-bond acceptors (Lipinski definition) is 5.